The standard InChI is InChI=1S/C17H19N3O4S/c1-3-23-15(21)12(16(22)24-4-2)10-19-11-5-6-13-14(9-11)25-17-18-7-8-20(13)17/h5-6,9-10,19H,3-4,7-8H2,1-2H3. The van der Waals surface area contributed by atoms with Crippen LogP contribution in [0.15, 0.2) is 39.9 Å². The number of aliphatic imine (C=N–C) groups is 1. The average molecular weight is 361 g/mol. The minimum atomic E-state index is -0.709. The quantitative estimate of drug-likeness (QED) is 0.361. The van der Waals surface area contributed by atoms with Gasteiger partial charge in [-0.3, -0.25) is 4.99 Å². The van der Waals surface area contributed by atoms with Crippen LogP contribution in [0.2, 0.25) is 0 Å². The fourth-order valence-electron chi connectivity index (χ4n) is 2.52. The molecule has 132 valence electrons. The first kappa shape index (κ1) is 17.3. The molecule has 0 spiro atoms. The second-order valence-electron chi connectivity index (χ2n) is 5.24. The number of nitrogens with one attached hydrogen (secondary N) is 1. The van der Waals surface area contributed by atoms with Gasteiger partial charge in [-0.05, 0) is 43.8 Å². The molecule has 2 heterocycles. The molecule has 1 aromatic carbocycles. The normalized spacial score (nSPS) is 14.3. The number of thioether (sulfide) groups is 1. The van der Waals surface area contributed by atoms with Gasteiger partial charge in [0.15, 0.2) is 10.7 Å². The predicted octanol–water partition coefficient (Wildman–Crippen LogP) is 2.39. The number of carbonyl (C=O) groups excluding carboxylic acids is 2. The molecule has 0 saturated heterocycles. The second-order valence-corrected chi connectivity index (χ2v) is 6.25. The lowest BCUT2D eigenvalue weighted by Gasteiger charge is -2.12. The number of anilines is 2. The molecule has 0 saturated carbocycles. The molecule has 2 aliphatic rings. The van der Waals surface area contributed by atoms with Crippen molar-refractivity contribution in [2.75, 3.05) is 36.5 Å². The van der Waals surface area contributed by atoms with E-state index in [9.17, 15) is 9.59 Å². The summed E-state index contributed by atoms with van der Waals surface area (Å²) in [7, 11) is 0. The zero-order valence-electron chi connectivity index (χ0n) is 14.1. The first-order chi connectivity index (χ1) is 12.1. The van der Waals surface area contributed by atoms with Crippen LogP contribution in [0.25, 0.3) is 0 Å². The molecule has 0 atom stereocenters. The van der Waals surface area contributed by atoms with Crippen LogP contribution in [0.4, 0.5) is 11.4 Å². The maximum atomic E-state index is 11.9. The number of hydrogen-bond donors (Lipinski definition) is 1. The van der Waals surface area contributed by atoms with Crippen molar-refractivity contribution in [3.8, 4) is 0 Å². The van der Waals surface area contributed by atoms with Crippen molar-refractivity contribution in [3.05, 3.63) is 30.0 Å². The van der Waals surface area contributed by atoms with Gasteiger partial charge >= 0.3 is 11.9 Å². The molecule has 0 radical (unpaired) electrons. The van der Waals surface area contributed by atoms with Gasteiger partial charge in [0.1, 0.15) is 0 Å². The number of hydrogen-bond acceptors (Lipinski definition) is 8. The summed E-state index contributed by atoms with van der Waals surface area (Å²) in [6.07, 6.45) is 1.33. The summed E-state index contributed by atoms with van der Waals surface area (Å²) in [6, 6.07) is 5.86. The fourth-order valence-corrected chi connectivity index (χ4v) is 3.64. The van der Waals surface area contributed by atoms with Crippen LogP contribution in [0.5, 0.6) is 0 Å². The van der Waals surface area contributed by atoms with E-state index >= 15 is 0 Å². The van der Waals surface area contributed by atoms with Gasteiger partial charge < -0.3 is 19.7 Å². The van der Waals surface area contributed by atoms with E-state index in [1.54, 1.807) is 25.6 Å². The number of fused-ring (bicyclic) bond motifs is 3. The summed E-state index contributed by atoms with van der Waals surface area (Å²) in [5.74, 6) is -1.42. The van der Waals surface area contributed by atoms with Crippen molar-refractivity contribution in [2.24, 2.45) is 4.99 Å². The minimum Gasteiger partial charge on any atom is -0.462 e. The first-order valence-electron chi connectivity index (χ1n) is 8.08. The van der Waals surface area contributed by atoms with Crippen molar-refractivity contribution in [2.45, 2.75) is 18.7 Å². The van der Waals surface area contributed by atoms with E-state index < -0.39 is 11.9 Å². The Balaban J connectivity index is 1.77. The summed E-state index contributed by atoms with van der Waals surface area (Å²) >= 11 is 1.62. The maximum absolute atomic E-state index is 11.9. The van der Waals surface area contributed by atoms with Crippen LogP contribution < -0.4 is 10.2 Å². The van der Waals surface area contributed by atoms with Gasteiger partial charge in [-0.15, -0.1) is 0 Å². The highest BCUT2D eigenvalue weighted by atomic mass is 32.2. The van der Waals surface area contributed by atoms with Gasteiger partial charge in [-0.25, -0.2) is 9.59 Å². The number of benzene rings is 1. The summed E-state index contributed by atoms with van der Waals surface area (Å²) < 4.78 is 9.82. The molecule has 0 bridgehead atoms. The van der Waals surface area contributed by atoms with Crippen LogP contribution in [-0.2, 0) is 19.1 Å². The van der Waals surface area contributed by atoms with Crippen molar-refractivity contribution < 1.29 is 19.1 Å². The topological polar surface area (TPSA) is 80.2 Å². The maximum Gasteiger partial charge on any atom is 0.347 e. The van der Waals surface area contributed by atoms with Crippen molar-refractivity contribution in [1.29, 1.82) is 0 Å². The zero-order valence-corrected chi connectivity index (χ0v) is 14.9. The van der Waals surface area contributed by atoms with Crippen molar-refractivity contribution >= 4 is 40.2 Å². The number of esters is 2. The highest BCUT2D eigenvalue weighted by Crippen LogP contribution is 2.43. The Hall–Kier alpha value is -2.48. The molecule has 3 rings (SSSR count). The lowest BCUT2D eigenvalue weighted by atomic mass is 10.2. The van der Waals surface area contributed by atoms with Gasteiger partial charge in [0.2, 0.25) is 0 Å². The molecule has 0 fully saturated rings. The molecule has 0 aliphatic carbocycles. The van der Waals surface area contributed by atoms with Crippen molar-refractivity contribution in [3.63, 3.8) is 0 Å². The van der Waals surface area contributed by atoms with E-state index in [1.165, 1.54) is 6.20 Å². The van der Waals surface area contributed by atoms with Crippen LogP contribution in [-0.4, -0.2) is 43.4 Å². The van der Waals surface area contributed by atoms with E-state index in [2.05, 4.69) is 15.2 Å². The minimum absolute atomic E-state index is 0.165. The number of carbonyl (C=O) groups is 2. The van der Waals surface area contributed by atoms with Gasteiger partial charge in [0, 0.05) is 23.3 Å². The Bertz CT molecular complexity index is 740. The molecule has 1 N–H and O–H groups in total. The van der Waals surface area contributed by atoms with Gasteiger partial charge in [0.25, 0.3) is 0 Å². The van der Waals surface area contributed by atoms with Gasteiger partial charge in [-0.2, -0.15) is 0 Å². The monoisotopic (exact) mass is 361 g/mol. The molecule has 0 amide bonds. The molecule has 7 nitrogen and oxygen atoms in total. The van der Waals surface area contributed by atoms with Gasteiger partial charge in [-0.1, -0.05) is 0 Å². The third-order valence-electron chi connectivity index (χ3n) is 3.63. The summed E-state index contributed by atoms with van der Waals surface area (Å²) in [5.41, 5.74) is 1.73. The summed E-state index contributed by atoms with van der Waals surface area (Å²) in [6.45, 7) is 5.46. The average Bonchev–Trinajstić information content (AvgIpc) is 3.16. The molecular formula is C17H19N3O4S. The highest BCUT2D eigenvalue weighted by molar-refractivity contribution is 8.14. The molecule has 25 heavy (non-hydrogen) atoms. The second kappa shape index (κ2) is 7.60. The molecule has 0 aromatic heterocycles. The number of ether oxygens (including phenoxy) is 2. The van der Waals surface area contributed by atoms with Crippen LogP contribution in [0.3, 0.4) is 0 Å². The van der Waals surface area contributed by atoms with E-state index in [4.69, 9.17) is 9.47 Å². The summed E-state index contributed by atoms with van der Waals surface area (Å²) in [5, 5.41) is 4.00. The van der Waals surface area contributed by atoms with E-state index in [0.29, 0.717) is 0 Å². The summed E-state index contributed by atoms with van der Waals surface area (Å²) in [4.78, 5) is 31.6. The molecule has 1 aromatic rings. The number of amidine groups is 1. The Kier molecular flexibility index (Phi) is 5.28. The zero-order chi connectivity index (χ0) is 17.8. The SMILES string of the molecule is CCOC(=O)C(=CNc1ccc2c(c1)SC1=NCCN12)C(=O)OCC. The molecular weight excluding hydrogens is 342 g/mol. The Morgan fingerprint density at radius 2 is 2.00 bits per heavy atom. The van der Waals surface area contributed by atoms with E-state index in [1.807, 2.05) is 18.2 Å². The Labute approximate surface area is 150 Å². The first-order valence-corrected chi connectivity index (χ1v) is 8.90. The van der Waals surface area contributed by atoms with E-state index in [-0.39, 0.29) is 18.8 Å². The molecule has 0 unspecified atom stereocenters. The lowest BCUT2D eigenvalue weighted by molar-refractivity contribution is -0.146. The fraction of sp³-hybridized carbons (Fsp3) is 0.353. The number of rotatable bonds is 6. The number of nitrogens with zero attached hydrogens (tertiary/aromatic N) is 2. The highest BCUT2D eigenvalue weighted by Gasteiger charge is 2.29. The van der Waals surface area contributed by atoms with Gasteiger partial charge in [0.05, 0.1) is 25.4 Å². The Morgan fingerprint density at radius 3 is 2.68 bits per heavy atom. The van der Waals surface area contributed by atoms with Crippen LogP contribution >= 0.6 is 11.8 Å². The van der Waals surface area contributed by atoms with Crippen LogP contribution in [0, 0.1) is 0 Å². The van der Waals surface area contributed by atoms with Crippen LogP contribution in [0.1, 0.15) is 13.8 Å². The lowest BCUT2D eigenvalue weighted by Crippen LogP contribution is -2.20. The largest absolute Gasteiger partial charge is 0.462 e. The Morgan fingerprint density at radius 1 is 1.28 bits per heavy atom. The molecule has 8 heteroatoms. The third kappa shape index (κ3) is 3.63. The van der Waals surface area contributed by atoms with E-state index in [0.717, 1.165) is 34.5 Å². The molecule has 2 aliphatic heterocycles. The smallest absolute Gasteiger partial charge is 0.347 e. The van der Waals surface area contributed by atoms with Crippen molar-refractivity contribution in [1.82, 2.24) is 0 Å². The predicted molar refractivity (Wildman–Crippen MR) is 96.9 cm³/mol. The third-order valence-corrected chi connectivity index (χ3v) is 4.71.